The molecule has 22 heavy (non-hydrogen) atoms. The summed E-state index contributed by atoms with van der Waals surface area (Å²) in [5, 5.41) is 4.11. The van der Waals surface area contributed by atoms with Crippen LogP contribution in [0, 0.1) is 13.8 Å². The number of rotatable bonds is 6. The number of amides is 1. The van der Waals surface area contributed by atoms with E-state index in [1.54, 1.807) is 12.1 Å². The van der Waals surface area contributed by atoms with Crippen LogP contribution in [0.25, 0.3) is 0 Å². The van der Waals surface area contributed by atoms with Crippen LogP contribution in [-0.4, -0.2) is 46.0 Å². The summed E-state index contributed by atoms with van der Waals surface area (Å²) < 4.78 is 12.6. The van der Waals surface area contributed by atoms with Gasteiger partial charge >= 0.3 is 0 Å². The van der Waals surface area contributed by atoms with Crippen LogP contribution in [0.15, 0.2) is 17.0 Å². The number of aryl methyl sites for hydroxylation is 2. The fourth-order valence-electron chi connectivity index (χ4n) is 2.12. The summed E-state index contributed by atoms with van der Waals surface area (Å²) in [5.41, 5.74) is 1.86. The molecule has 0 saturated carbocycles. The average molecular weight is 345 g/mol. The van der Waals surface area contributed by atoms with Gasteiger partial charge in [-0.25, -0.2) is 5.01 Å². The van der Waals surface area contributed by atoms with Crippen molar-refractivity contribution in [3.05, 3.63) is 28.3 Å². The van der Waals surface area contributed by atoms with Crippen molar-refractivity contribution in [3.8, 4) is 0 Å². The number of carbonyl (C=O) groups is 1. The highest BCUT2D eigenvalue weighted by Crippen LogP contribution is 2.23. The third kappa shape index (κ3) is 4.54. The zero-order valence-corrected chi connectivity index (χ0v) is 15.7. The molecular formula is C16H25ClN2O2S. The van der Waals surface area contributed by atoms with E-state index in [1.165, 1.54) is 0 Å². The third-order valence-corrected chi connectivity index (χ3v) is 5.99. The van der Waals surface area contributed by atoms with Crippen molar-refractivity contribution in [2.45, 2.75) is 45.1 Å². The van der Waals surface area contributed by atoms with Crippen LogP contribution in [0.3, 0.4) is 0 Å². The molecule has 0 radical (unpaired) electrons. The minimum atomic E-state index is -1.13. The predicted molar refractivity (Wildman–Crippen MR) is 92.5 cm³/mol. The maximum atomic E-state index is 12.6. The number of hydrogen-bond donors (Lipinski definition) is 0. The van der Waals surface area contributed by atoms with E-state index in [-0.39, 0.29) is 11.9 Å². The van der Waals surface area contributed by atoms with Gasteiger partial charge in [-0.2, -0.15) is 0 Å². The van der Waals surface area contributed by atoms with Crippen molar-refractivity contribution in [3.63, 3.8) is 0 Å². The monoisotopic (exact) mass is 344 g/mol. The molecule has 0 bridgehead atoms. The van der Waals surface area contributed by atoms with Crippen molar-refractivity contribution in [1.82, 2.24) is 10.0 Å². The van der Waals surface area contributed by atoms with Crippen LogP contribution >= 0.6 is 11.6 Å². The van der Waals surface area contributed by atoms with E-state index in [0.717, 1.165) is 16.0 Å². The zero-order valence-electron chi connectivity index (χ0n) is 14.1. The summed E-state index contributed by atoms with van der Waals surface area (Å²) in [6, 6.07) is 3.73. The Morgan fingerprint density at radius 3 is 2.41 bits per heavy atom. The lowest BCUT2D eigenvalue weighted by molar-refractivity contribution is -0.145. The molecule has 1 rings (SSSR count). The molecule has 0 N–H and O–H groups in total. The fraction of sp³-hybridized carbons (Fsp3) is 0.562. The molecule has 1 amide bonds. The highest BCUT2D eigenvalue weighted by Gasteiger charge is 2.21. The van der Waals surface area contributed by atoms with Crippen molar-refractivity contribution in [2.24, 2.45) is 0 Å². The minimum absolute atomic E-state index is 0.0169. The molecule has 0 saturated heterocycles. The van der Waals surface area contributed by atoms with Gasteiger partial charge in [-0.15, -0.1) is 0 Å². The lowest BCUT2D eigenvalue weighted by Gasteiger charge is -2.33. The Balaban J connectivity index is 2.84. The molecule has 0 fully saturated rings. The van der Waals surface area contributed by atoms with Crippen LogP contribution in [0.2, 0.25) is 5.02 Å². The van der Waals surface area contributed by atoms with Crippen LogP contribution < -0.4 is 0 Å². The molecule has 0 heterocycles. The molecule has 0 aromatic heterocycles. The smallest absolute Gasteiger partial charge is 0.236 e. The molecule has 0 aliphatic rings. The molecule has 124 valence electrons. The van der Waals surface area contributed by atoms with E-state index >= 15 is 0 Å². The van der Waals surface area contributed by atoms with Gasteiger partial charge in [-0.1, -0.05) is 18.5 Å². The number of hydrogen-bond acceptors (Lipinski definition) is 3. The van der Waals surface area contributed by atoms with Crippen molar-refractivity contribution >= 4 is 28.3 Å². The highest BCUT2D eigenvalue weighted by atomic mass is 35.5. The first kappa shape index (κ1) is 19.1. The van der Waals surface area contributed by atoms with Crippen LogP contribution in [0.5, 0.6) is 0 Å². The number of hydrazine groups is 1. The van der Waals surface area contributed by atoms with Gasteiger partial charge in [0.15, 0.2) is 0 Å². The quantitative estimate of drug-likeness (QED) is 0.744. The Morgan fingerprint density at radius 1 is 1.27 bits per heavy atom. The second-order valence-electron chi connectivity index (χ2n) is 5.57. The summed E-state index contributed by atoms with van der Waals surface area (Å²) in [7, 11) is 2.45. The second kappa shape index (κ2) is 8.09. The van der Waals surface area contributed by atoms with Gasteiger partial charge in [0.2, 0.25) is 5.91 Å². The molecule has 6 heteroatoms. The maximum Gasteiger partial charge on any atom is 0.236 e. The number of halogens is 1. The summed E-state index contributed by atoms with van der Waals surface area (Å²) in [6.07, 6.45) is 0.451. The van der Waals surface area contributed by atoms with Gasteiger partial charge in [-0.05, 0) is 44.0 Å². The Morgan fingerprint density at radius 2 is 1.86 bits per heavy atom. The molecular weight excluding hydrogens is 320 g/mol. The fourth-order valence-corrected chi connectivity index (χ4v) is 3.89. The molecule has 4 nitrogen and oxygen atoms in total. The van der Waals surface area contributed by atoms with Crippen LogP contribution in [0.4, 0.5) is 0 Å². The van der Waals surface area contributed by atoms with E-state index in [2.05, 4.69) is 0 Å². The molecule has 2 unspecified atom stereocenters. The van der Waals surface area contributed by atoms with E-state index < -0.39 is 10.8 Å². The second-order valence-corrected chi connectivity index (χ2v) is 7.44. The highest BCUT2D eigenvalue weighted by molar-refractivity contribution is 7.85. The van der Waals surface area contributed by atoms with Crippen LogP contribution in [-0.2, 0) is 15.6 Å². The average Bonchev–Trinajstić information content (AvgIpc) is 2.48. The third-order valence-electron chi connectivity index (χ3n) is 3.87. The van der Waals surface area contributed by atoms with E-state index in [9.17, 15) is 9.00 Å². The Kier molecular flexibility index (Phi) is 7.03. The summed E-state index contributed by atoms with van der Waals surface area (Å²) in [5.74, 6) is 0.498. The van der Waals surface area contributed by atoms with Gasteiger partial charge in [0, 0.05) is 42.2 Å². The topological polar surface area (TPSA) is 40.6 Å². The molecule has 0 aliphatic heterocycles. The minimum Gasteiger partial charge on any atom is -0.278 e. The van der Waals surface area contributed by atoms with Gasteiger partial charge in [-0.3, -0.25) is 14.0 Å². The predicted octanol–water partition coefficient (Wildman–Crippen LogP) is 3.17. The molecule has 2 atom stereocenters. The summed E-state index contributed by atoms with van der Waals surface area (Å²) in [4.78, 5) is 12.6. The molecule has 1 aromatic rings. The van der Waals surface area contributed by atoms with Gasteiger partial charge < -0.3 is 0 Å². The van der Waals surface area contributed by atoms with Crippen molar-refractivity contribution < 1.29 is 9.00 Å². The van der Waals surface area contributed by atoms with Crippen molar-refractivity contribution in [2.75, 3.05) is 19.8 Å². The molecule has 1 aromatic carbocycles. The number of carbonyl (C=O) groups excluding carboxylic acids is 1. The van der Waals surface area contributed by atoms with Gasteiger partial charge in [0.05, 0.1) is 10.8 Å². The molecule has 0 spiro atoms. The van der Waals surface area contributed by atoms with E-state index in [4.69, 9.17) is 11.6 Å². The summed E-state index contributed by atoms with van der Waals surface area (Å²) >= 11 is 6.09. The SMILES string of the molecule is CCC(=O)N(C)N(C)C(C)CS(=O)c1cc(C)c(Cl)cc1C. The number of nitrogens with zero attached hydrogens (tertiary/aromatic N) is 2. The Labute approximate surface area is 140 Å². The summed E-state index contributed by atoms with van der Waals surface area (Å²) in [6.45, 7) is 7.62. The molecule has 0 aliphatic carbocycles. The lowest BCUT2D eigenvalue weighted by atomic mass is 10.2. The first-order valence-electron chi connectivity index (χ1n) is 7.33. The normalized spacial score (nSPS) is 14.0. The first-order chi connectivity index (χ1) is 10.2. The first-order valence-corrected chi connectivity index (χ1v) is 9.03. The van der Waals surface area contributed by atoms with Gasteiger partial charge in [0.25, 0.3) is 0 Å². The zero-order chi connectivity index (χ0) is 17.0. The van der Waals surface area contributed by atoms with E-state index in [0.29, 0.717) is 17.2 Å². The van der Waals surface area contributed by atoms with Gasteiger partial charge in [0.1, 0.15) is 0 Å². The number of benzene rings is 1. The Hall–Kier alpha value is -0.910. The maximum absolute atomic E-state index is 12.6. The standard InChI is InChI=1S/C16H25ClN2O2S/c1-7-16(20)19(6)18(5)13(4)10-22(21)15-9-11(2)14(17)8-12(15)3/h8-9,13H,7,10H2,1-6H3. The van der Waals surface area contributed by atoms with Crippen LogP contribution in [0.1, 0.15) is 31.4 Å². The van der Waals surface area contributed by atoms with Crippen molar-refractivity contribution in [1.29, 1.82) is 0 Å². The van der Waals surface area contributed by atoms with E-state index in [1.807, 2.05) is 51.9 Å². The Bertz CT molecular complexity index is 578. The largest absolute Gasteiger partial charge is 0.278 e. The lowest BCUT2D eigenvalue weighted by Crippen LogP contribution is -2.47.